The summed E-state index contributed by atoms with van der Waals surface area (Å²) in [6.45, 7) is 1.33. The smallest absolute Gasteiger partial charge is 0.196 e. The van der Waals surface area contributed by atoms with Gasteiger partial charge in [0.1, 0.15) is 0 Å². The molecule has 0 spiro atoms. The molecule has 0 radical (unpaired) electrons. The van der Waals surface area contributed by atoms with Gasteiger partial charge in [0.05, 0.1) is 19.6 Å². The fourth-order valence-corrected chi connectivity index (χ4v) is 1.33. The highest BCUT2D eigenvalue weighted by atomic mass is 16.5. The number of rotatable bonds is 1. The third kappa shape index (κ3) is 2.34. The maximum absolute atomic E-state index is 10.2. The van der Waals surface area contributed by atoms with E-state index in [0.29, 0.717) is 12.3 Å². The number of nitroso groups, excluding NO2 is 1. The molecule has 1 aromatic heterocycles. The van der Waals surface area contributed by atoms with E-state index in [0.717, 1.165) is 31.4 Å². The standard InChI is InChI=1S/C8H8N2O2.CH4O/c11-10-7-3-6-5-12-2-1-8(6)9-4-7;1-2/h3-4H,1-2,5H2;2H,1H3/p+1. The zero-order chi connectivity index (χ0) is 10.4. The van der Waals surface area contributed by atoms with Crippen molar-refractivity contribution in [2.24, 2.45) is 5.18 Å². The first kappa shape index (κ1) is 10.7. The molecule has 1 aliphatic rings. The molecule has 0 fully saturated rings. The van der Waals surface area contributed by atoms with Crippen molar-refractivity contribution in [3.8, 4) is 0 Å². The molecule has 0 amide bonds. The molecule has 2 rings (SSSR count). The van der Waals surface area contributed by atoms with Gasteiger partial charge in [-0.2, -0.15) is 0 Å². The van der Waals surface area contributed by atoms with Crippen LogP contribution in [0.4, 0.5) is 5.69 Å². The van der Waals surface area contributed by atoms with Crippen LogP contribution < -0.4 is 4.98 Å². The molecule has 0 unspecified atom stereocenters. The highest BCUT2D eigenvalue weighted by Gasteiger charge is 2.16. The van der Waals surface area contributed by atoms with Crippen LogP contribution in [0.15, 0.2) is 17.4 Å². The van der Waals surface area contributed by atoms with E-state index in [1.54, 1.807) is 12.3 Å². The number of pyridine rings is 1. The maximum Gasteiger partial charge on any atom is 0.196 e. The second-order valence-corrected chi connectivity index (χ2v) is 2.76. The minimum atomic E-state index is 0.430. The molecule has 5 heteroatoms. The van der Waals surface area contributed by atoms with Gasteiger partial charge in [0.15, 0.2) is 17.6 Å². The van der Waals surface area contributed by atoms with Crippen molar-refractivity contribution in [1.82, 2.24) is 0 Å². The molecular formula is C9H13N2O3+. The second-order valence-electron chi connectivity index (χ2n) is 2.76. The predicted octanol–water partition coefficient (Wildman–Crippen LogP) is 0.580. The van der Waals surface area contributed by atoms with E-state index in [1.165, 1.54) is 0 Å². The van der Waals surface area contributed by atoms with Gasteiger partial charge >= 0.3 is 0 Å². The Kier molecular flexibility index (Phi) is 4.15. The number of H-pyrrole nitrogens is 1. The molecule has 0 saturated heterocycles. The van der Waals surface area contributed by atoms with Gasteiger partial charge in [-0.1, -0.05) is 0 Å². The van der Waals surface area contributed by atoms with Crippen molar-refractivity contribution in [2.45, 2.75) is 13.0 Å². The van der Waals surface area contributed by atoms with Crippen LogP contribution >= 0.6 is 0 Å². The molecule has 2 heterocycles. The number of nitrogens with zero attached hydrogens (tertiary/aromatic N) is 1. The minimum Gasteiger partial charge on any atom is -0.400 e. The van der Waals surface area contributed by atoms with E-state index < -0.39 is 0 Å². The zero-order valence-electron chi connectivity index (χ0n) is 7.99. The van der Waals surface area contributed by atoms with Crippen LogP contribution in [-0.4, -0.2) is 18.8 Å². The van der Waals surface area contributed by atoms with Crippen LogP contribution in [0.3, 0.4) is 0 Å². The van der Waals surface area contributed by atoms with E-state index in [2.05, 4.69) is 10.2 Å². The van der Waals surface area contributed by atoms with Crippen molar-refractivity contribution < 1.29 is 14.8 Å². The molecule has 14 heavy (non-hydrogen) atoms. The molecule has 1 aromatic rings. The third-order valence-corrected chi connectivity index (χ3v) is 1.96. The van der Waals surface area contributed by atoms with Gasteiger partial charge in [-0.25, -0.2) is 4.98 Å². The number of hydrogen-bond acceptors (Lipinski definition) is 4. The Morgan fingerprint density at radius 1 is 1.57 bits per heavy atom. The summed E-state index contributed by atoms with van der Waals surface area (Å²) in [6, 6.07) is 1.76. The normalized spacial score (nSPS) is 13.6. The van der Waals surface area contributed by atoms with Crippen molar-refractivity contribution >= 4 is 5.69 Å². The van der Waals surface area contributed by atoms with Gasteiger partial charge < -0.3 is 9.84 Å². The molecule has 2 N–H and O–H groups in total. The highest BCUT2D eigenvalue weighted by Crippen LogP contribution is 2.17. The lowest BCUT2D eigenvalue weighted by atomic mass is 10.1. The van der Waals surface area contributed by atoms with Crippen molar-refractivity contribution in [3.05, 3.63) is 28.4 Å². The number of aromatic amines is 1. The number of aliphatic hydroxyl groups is 1. The summed E-state index contributed by atoms with van der Waals surface area (Å²) in [6.07, 6.45) is 2.51. The lowest BCUT2D eigenvalue weighted by Gasteiger charge is -2.10. The van der Waals surface area contributed by atoms with Crippen LogP contribution in [0.5, 0.6) is 0 Å². The van der Waals surface area contributed by atoms with Gasteiger partial charge in [-0.3, -0.25) is 0 Å². The van der Waals surface area contributed by atoms with Crippen molar-refractivity contribution in [3.63, 3.8) is 0 Å². The van der Waals surface area contributed by atoms with E-state index >= 15 is 0 Å². The number of hydrogen-bond donors (Lipinski definition) is 1. The van der Waals surface area contributed by atoms with Gasteiger partial charge in [-0.05, 0) is 11.2 Å². The van der Waals surface area contributed by atoms with E-state index in [9.17, 15) is 4.91 Å². The number of nitrogens with one attached hydrogen (secondary N) is 1. The summed E-state index contributed by atoms with van der Waals surface area (Å²) < 4.78 is 5.23. The average molecular weight is 197 g/mol. The predicted molar refractivity (Wildman–Crippen MR) is 50.0 cm³/mol. The summed E-state index contributed by atoms with van der Waals surface area (Å²) in [7, 11) is 1.00. The summed E-state index contributed by atoms with van der Waals surface area (Å²) in [5.41, 5.74) is 2.62. The van der Waals surface area contributed by atoms with Crippen LogP contribution in [0.1, 0.15) is 11.3 Å². The zero-order valence-corrected chi connectivity index (χ0v) is 7.99. The SMILES string of the molecule is CO.O=Nc1c[nH+]c2c(c1)COCC2. The first-order valence-corrected chi connectivity index (χ1v) is 4.29. The van der Waals surface area contributed by atoms with E-state index in [-0.39, 0.29) is 0 Å². The summed E-state index contributed by atoms with van der Waals surface area (Å²) >= 11 is 0. The Balaban J connectivity index is 0.000000461. The quantitative estimate of drug-likeness (QED) is 0.669. The topological polar surface area (TPSA) is 73.0 Å². The third-order valence-electron chi connectivity index (χ3n) is 1.96. The molecule has 1 aliphatic heterocycles. The van der Waals surface area contributed by atoms with Crippen molar-refractivity contribution in [1.29, 1.82) is 0 Å². The Hall–Kier alpha value is -1.33. The summed E-state index contributed by atoms with van der Waals surface area (Å²) in [5, 5.41) is 9.84. The van der Waals surface area contributed by atoms with Gasteiger partial charge in [0.25, 0.3) is 0 Å². The van der Waals surface area contributed by atoms with Crippen LogP contribution in [0, 0.1) is 4.91 Å². The fourth-order valence-electron chi connectivity index (χ4n) is 1.33. The Morgan fingerprint density at radius 3 is 3.07 bits per heavy atom. The lowest BCUT2D eigenvalue weighted by Crippen LogP contribution is -2.20. The van der Waals surface area contributed by atoms with Crippen LogP contribution in [0.25, 0.3) is 0 Å². The molecule has 0 aromatic carbocycles. The van der Waals surface area contributed by atoms with Gasteiger partial charge in [-0.15, -0.1) is 4.91 Å². The first-order valence-electron chi connectivity index (χ1n) is 4.29. The molecule has 76 valence electrons. The number of aromatic nitrogens is 1. The molecule has 0 atom stereocenters. The Labute approximate surface area is 81.7 Å². The molecule has 5 nitrogen and oxygen atoms in total. The molecule has 0 aliphatic carbocycles. The summed E-state index contributed by atoms with van der Waals surface area (Å²) in [4.78, 5) is 13.2. The average Bonchev–Trinajstić information content (AvgIpc) is 2.31. The van der Waals surface area contributed by atoms with Crippen LogP contribution in [-0.2, 0) is 17.8 Å². The van der Waals surface area contributed by atoms with Crippen LogP contribution in [0.2, 0.25) is 0 Å². The molecule has 0 bridgehead atoms. The number of ether oxygens (including phenoxy) is 1. The fraction of sp³-hybridized carbons (Fsp3) is 0.444. The highest BCUT2D eigenvalue weighted by molar-refractivity contribution is 5.36. The lowest BCUT2D eigenvalue weighted by molar-refractivity contribution is -0.392. The van der Waals surface area contributed by atoms with Gasteiger partial charge in [0, 0.05) is 12.7 Å². The van der Waals surface area contributed by atoms with E-state index in [4.69, 9.17) is 9.84 Å². The number of aliphatic hydroxyl groups excluding tert-OH is 1. The Bertz CT molecular complexity index is 315. The Morgan fingerprint density at radius 2 is 2.36 bits per heavy atom. The molecular weight excluding hydrogens is 184 g/mol. The minimum absolute atomic E-state index is 0.430. The van der Waals surface area contributed by atoms with Gasteiger partial charge in [0.2, 0.25) is 0 Å². The summed E-state index contributed by atoms with van der Waals surface area (Å²) in [5.74, 6) is 0. The first-order chi connectivity index (χ1) is 6.90. The van der Waals surface area contributed by atoms with Crippen molar-refractivity contribution in [2.75, 3.05) is 13.7 Å². The number of fused-ring (bicyclic) bond motifs is 1. The second kappa shape index (κ2) is 5.41. The molecule has 0 saturated carbocycles. The van der Waals surface area contributed by atoms with E-state index in [1.807, 2.05) is 0 Å². The largest absolute Gasteiger partial charge is 0.400 e. The maximum atomic E-state index is 10.2. The monoisotopic (exact) mass is 197 g/mol.